The van der Waals surface area contributed by atoms with Gasteiger partial charge in [0.05, 0.1) is 22.0 Å². The molecule has 3 rings (SSSR count). The monoisotopic (exact) mass is 517 g/mol. The maximum atomic E-state index is 14.4. The lowest BCUT2D eigenvalue weighted by Gasteiger charge is -2.20. The molecular formula is C26H27F4N5S. The largest absolute Gasteiger partial charge is 0.372 e. The van der Waals surface area contributed by atoms with E-state index in [0.717, 1.165) is 37.0 Å². The zero-order valence-electron chi connectivity index (χ0n) is 20.3. The molecule has 3 aromatic rings. The van der Waals surface area contributed by atoms with E-state index in [1.807, 2.05) is 31.2 Å². The number of anilines is 1. The van der Waals surface area contributed by atoms with Crippen molar-refractivity contribution in [3.63, 3.8) is 0 Å². The highest BCUT2D eigenvalue weighted by atomic mass is 32.2. The third-order valence-corrected chi connectivity index (χ3v) is 6.46. The summed E-state index contributed by atoms with van der Waals surface area (Å²) in [7, 11) is 0. The van der Waals surface area contributed by atoms with Crippen LogP contribution in [0.4, 0.5) is 46.0 Å². The molecule has 0 N–H and O–H groups in total. The summed E-state index contributed by atoms with van der Waals surface area (Å²) >= 11 is 0.734. The van der Waals surface area contributed by atoms with Crippen molar-refractivity contribution in [2.75, 3.05) is 23.7 Å². The number of benzene rings is 3. The third-order valence-electron chi connectivity index (χ3n) is 5.32. The average Bonchev–Trinajstić information content (AvgIpc) is 2.90. The molecule has 0 heterocycles. The van der Waals surface area contributed by atoms with Gasteiger partial charge >= 0.3 is 0 Å². The van der Waals surface area contributed by atoms with Crippen LogP contribution in [-0.2, 0) is 0 Å². The Labute approximate surface area is 212 Å². The summed E-state index contributed by atoms with van der Waals surface area (Å²) in [5, 5.41) is 15.5. The Morgan fingerprint density at radius 2 is 1.08 bits per heavy atom. The first-order valence-corrected chi connectivity index (χ1v) is 12.6. The van der Waals surface area contributed by atoms with Gasteiger partial charge in [0.2, 0.25) is 0 Å². The predicted molar refractivity (Wildman–Crippen MR) is 137 cm³/mol. The lowest BCUT2D eigenvalue weighted by atomic mass is 10.2. The van der Waals surface area contributed by atoms with Crippen molar-refractivity contribution in [1.82, 2.24) is 0 Å². The van der Waals surface area contributed by atoms with Crippen LogP contribution in [0.25, 0.3) is 0 Å². The standard InChI is InChI=1S/C26H27F4N5S/c1-4-7-16-36-26-23(29)21(27)25(22(28)24(26)30)34-33-18-10-8-17(9-11-18)31-32-19-12-14-20(15-13-19)35(5-2)6-3/h8-15H,4-7,16H2,1-3H3. The summed E-state index contributed by atoms with van der Waals surface area (Å²) in [5.41, 5.74) is 1.41. The Morgan fingerprint density at radius 1 is 0.639 bits per heavy atom. The van der Waals surface area contributed by atoms with Gasteiger partial charge in [0, 0.05) is 18.8 Å². The van der Waals surface area contributed by atoms with E-state index in [1.165, 1.54) is 12.1 Å². The summed E-state index contributed by atoms with van der Waals surface area (Å²) < 4.78 is 57.3. The number of hydrogen-bond donors (Lipinski definition) is 0. The van der Waals surface area contributed by atoms with Crippen LogP contribution in [0.3, 0.4) is 0 Å². The molecule has 0 atom stereocenters. The number of azo groups is 2. The summed E-state index contributed by atoms with van der Waals surface area (Å²) in [4.78, 5) is 1.53. The highest BCUT2D eigenvalue weighted by Crippen LogP contribution is 2.36. The summed E-state index contributed by atoms with van der Waals surface area (Å²) in [6.07, 6.45) is 1.45. The molecule has 0 spiro atoms. The van der Waals surface area contributed by atoms with Crippen molar-refractivity contribution in [1.29, 1.82) is 0 Å². The SMILES string of the molecule is CCCCSc1c(F)c(F)c(N=Nc2ccc(N=Nc3ccc(N(CC)CC)cc3)cc2)c(F)c1F. The van der Waals surface area contributed by atoms with E-state index < -0.39 is 33.9 Å². The Balaban J connectivity index is 1.71. The van der Waals surface area contributed by atoms with Crippen molar-refractivity contribution in [3.05, 3.63) is 71.8 Å². The molecular weight excluding hydrogens is 490 g/mol. The third kappa shape index (κ3) is 6.69. The molecule has 36 heavy (non-hydrogen) atoms. The molecule has 0 amide bonds. The van der Waals surface area contributed by atoms with Gasteiger partial charge in [0.1, 0.15) is 0 Å². The minimum Gasteiger partial charge on any atom is -0.372 e. The number of thioether (sulfide) groups is 1. The molecule has 0 aliphatic rings. The zero-order chi connectivity index (χ0) is 26.1. The maximum absolute atomic E-state index is 14.4. The summed E-state index contributed by atoms with van der Waals surface area (Å²) in [5.74, 6) is -5.74. The van der Waals surface area contributed by atoms with Gasteiger partial charge in [0.25, 0.3) is 0 Å². The molecule has 0 saturated carbocycles. The molecule has 0 fully saturated rings. The van der Waals surface area contributed by atoms with Gasteiger partial charge in [-0.05, 0) is 74.6 Å². The van der Waals surface area contributed by atoms with Crippen molar-refractivity contribution in [2.24, 2.45) is 20.5 Å². The van der Waals surface area contributed by atoms with Crippen LogP contribution in [0.1, 0.15) is 33.6 Å². The molecule has 0 aliphatic carbocycles. The second-order valence-electron chi connectivity index (χ2n) is 7.74. The fraction of sp³-hybridized carbons (Fsp3) is 0.308. The summed E-state index contributed by atoms with van der Waals surface area (Å²) in [6, 6.07) is 13.9. The Kier molecular flexibility index (Phi) is 9.98. The van der Waals surface area contributed by atoms with Gasteiger partial charge < -0.3 is 4.90 Å². The molecule has 0 aromatic heterocycles. The topological polar surface area (TPSA) is 52.7 Å². The van der Waals surface area contributed by atoms with Crippen molar-refractivity contribution in [3.8, 4) is 0 Å². The van der Waals surface area contributed by atoms with E-state index in [-0.39, 0.29) is 5.69 Å². The average molecular weight is 518 g/mol. The first kappa shape index (κ1) is 27.3. The molecule has 0 unspecified atom stereocenters. The first-order valence-electron chi connectivity index (χ1n) is 11.7. The Hall–Kier alpha value is -3.27. The molecule has 0 radical (unpaired) electrons. The number of halogens is 4. The minimum absolute atomic E-state index is 0.221. The van der Waals surface area contributed by atoms with E-state index in [0.29, 0.717) is 23.5 Å². The van der Waals surface area contributed by atoms with Crippen LogP contribution in [0.5, 0.6) is 0 Å². The lowest BCUT2D eigenvalue weighted by molar-refractivity contribution is 0.428. The number of unbranched alkanes of at least 4 members (excludes halogenated alkanes) is 1. The highest BCUT2D eigenvalue weighted by molar-refractivity contribution is 7.99. The molecule has 10 heteroatoms. The van der Waals surface area contributed by atoms with Crippen LogP contribution in [0.15, 0.2) is 73.9 Å². The van der Waals surface area contributed by atoms with Crippen LogP contribution >= 0.6 is 11.8 Å². The fourth-order valence-corrected chi connectivity index (χ4v) is 4.33. The molecule has 0 bridgehead atoms. The van der Waals surface area contributed by atoms with Gasteiger partial charge in [0.15, 0.2) is 29.0 Å². The molecule has 0 aliphatic heterocycles. The van der Waals surface area contributed by atoms with Gasteiger partial charge in [-0.3, -0.25) is 0 Å². The number of hydrogen-bond acceptors (Lipinski definition) is 6. The van der Waals surface area contributed by atoms with Crippen LogP contribution in [-0.4, -0.2) is 18.8 Å². The van der Waals surface area contributed by atoms with Crippen LogP contribution < -0.4 is 4.90 Å². The van der Waals surface area contributed by atoms with E-state index in [9.17, 15) is 17.6 Å². The van der Waals surface area contributed by atoms with Crippen molar-refractivity contribution in [2.45, 2.75) is 38.5 Å². The highest BCUT2D eigenvalue weighted by Gasteiger charge is 2.25. The van der Waals surface area contributed by atoms with E-state index >= 15 is 0 Å². The second kappa shape index (κ2) is 13.2. The van der Waals surface area contributed by atoms with E-state index in [1.54, 1.807) is 12.1 Å². The van der Waals surface area contributed by atoms with Crippen LogP contribution in [0, 0.1) is 23.3 Å². The van der Waals surface area contributed by atoms with E-state index in [4.69, 9.17) is 0 Å². The Morgan fingerprint density at radius 3 is 1.53 bits per heavy atom. The van der Waals surface area contributed by atoms with Crippen LogP contribution in [0.2, 0.25) is 0 Å². The lowest BCUT2D eigenvalue weighted by Crippen LogP contribution is -2.21. The van der Waals surface area contributed by atoms with Gasteiger partial charge in [-0.2, -0.15) is 15.3 Å². The number of nitrogens with zero attached hydrogens (tertiary/aromatic N) is 5. The molecule has 5 nitrogen and oxygen atoms in total. The number of rotatable bonds is 11. The zero-order valence-corrected chi connectivity index (χ0v) is 21.1. The van der Waals surface area contributed by atoms with Gasteiger partial charge in [-0.15, -0.1) is 16.9 Å². The van der Waals surface area contributed by atoms with Gasteiger partial charge in [-0.1, -0.05) is 13.3 Å². The molecule has 0 saturated heterocycles. The second-order valence-corrected chi connectivity index (χ2v) is 8.85. The fourth-order valence-electron chi connectivity index (χ4n) is 3.26. The summed E-state index contributed by atoms with van der Waals surface area (Å²) in [6.45, 7) is 7.91. The van der Waals surface area contributed by atoms with Crippen molar-refractivity contribution < 1.29 is 17.6 Å². The van der Waals surface area contributed by atoms with Crippen molar-refractivity contribution >= 4 is 40.2 Å². The molecule has 190 valence electrons. The maximum Gasteiger partial charge on any atom is 0.190 e. The van der Waals surface area contributed by atoms with Gasteiger partial charge in [-0.25, -0.2) is 17.6 Å². The predicted octanol–water partition coefficient (Wildman–Crippen LogP) is 9.81. The normalized spacial score (nSPS) is 11.6. The quantitative estimate of drug-likeness (QED) is 0.0835. The minimum atomic E-state index is -1.57. The molecule has 3 aromatic carbocycles. The Bertz CT molecular complexity index is 1180. The van der Waals surface area contributed by atoms with E-state index in [2.05, 4.69) is 39.2 Å². The first-order chi connectivity index (χ1) is 17.4. The smallest absolute Gasteiger partial charge is 0.190 e.